The van der Waals surface area contributed by atoms with E-state index in [1.165, 1.54) is 12.1 Å². The van der Waals surface area contributed by atoms with Crippen LogP contribution in [-0.2, 0) is 12.7 Å². The van der Waals surface area contributed by atoms with Gasteiger partial charge in [0.1, 0.15) is 5.17 Å². The normalized spacial score (nSPS) is 12.5. The van der Waals surface area contributed by atoms with E-state index in [-0.39, 0.29) is 6.54 Å². The second kappa shape index (κ2) is 6.05. The topological polar surface area (TPSA) is 25.2 Å². The molecule has 0 fully saturated rings. The van der Waals surface area contributed by atoms with Crippen molar-refractivity contribution >= 4 is 16.8 Å². The highest BCUT2D eigenvalue weighted by Crippen LogP contribution is 2.29. The van der Waals surface area contributed by atoms with Gasteiger partial charge in [-0.15, -0.1) is 0 Å². The molecule has 20 heavy (non-hydrogen) atoms. The van der Waals surface area contributed by atoms with Crippen LogP contribution in [0.3, 0.4) is 0 Å². The Morgan fingerprint density at radius 2 is 1.65 bits per heavy atom. The summed E-state index contributed by atoms with van der Waals surface area (Å²) >= 11 is 6.00. The third-order valence-corrected chi connectivity index (χ3v) is 2.94. The number of benzene rings is 1. The van der Waals surface area contributed by atoms with Gasteiger partial charge in [0.25, 0.3) is 0 Å². The first-order valence-electron chi connectivity index (χ1n) is 5.73. The minimum Gasteiger partial charge on any atom is -0.268 e. The number of hydrogen-bond donors (Lipinski definition) is 0. The molecule has 1 aromatic heterocycles. The van der Waals surface area contributed by atoms with Crippen molar-refractivity contribution in [1.82, 2.24) is 4.98 Å². The molecule has 0 aliphatic heterocycles. The molecule has 0 bridgehead atoms. The highest BCUT2D eigenvalue weighted by atomic mass is 35.5. The van der Waals surface area contributed by atoms with Crippen LogP contribution in [0.2, 0.25) is 0 Å². The van der Waals surface area contributed by atoms with Gasteiger partial charge in [0.15, 0.2) is 0 Å². The standard InChI is InChI=1S/C14H10ClF3N2/c15-13(11-5-7-19-8-6-11)20-9-10-1-3-12(4-2-10)14(16,17)18/h1-8H,9H2. The van der Waals surface area contributed by atoms with Crippen LogP contribution in [0.5, 0.6) is 0 Å². The molecular formula is C14H10ClF3N2. The summed E-state index contributed by atoms with van der Waals surface area (Å²) in [5.41, 5.74) is 0.698. The van der Waals surface area contributed by atoms with Crippen molar-refractivity contribution in [3.8, 4) is 0 Å². The van der Waals surface area contributed by atoms with Crippen molar-refractivity contribution in [3.05, 3.63) is 65.5 Å². The molecule has 6 heteroatoms. The second-order valence-corrected chi connectivity index (χ2v) is 4.40. The zero-order valence-corrected chi connectivity index (χ0v) is 11.0. The highest BCUT2D eigenvalue weighted by Gasteiger charge is 2.29. The second-order valence-electron chi connectivity index (χ2n) is 4.04. The molecule has 0 N–H and O–H groups in total. The van der Waals surface area contributed by atoms with Gasteiger partial charge in [0, 0.05) is 18.0 Å². The molecule has 1 heterocycles. The van der Waals surface area contributed by atoms with Crippen LogP contribution in [0.15, 0.2) is 53.8 Å². The van der Waals surface area contributed by atoms with Gasteiger partial charge < -0.3 is 0 Å². The molecule has 0 aliphatic carbocycles. The molecule has 1 aromatic carbocycles. The molecule has 2 nitrogen and oxygen atoms in total. The van der Waals surface area contributed by atoms with E-state index in [1.54, 1.807) is 24.5 Å². The van der Waals surface area contributed by atoms with E-state index >= 15 is 0 Å². The molecule has 2 rings (SSSR count). The first-order valence-corrected chi connectivity index (χ1v) is 6.11. The molecule has 0 saturated carbocycles. The number of rotatable bonds is 3. The van der Waals surface area contributed by atoms with Gasteiger partial charge in [0.2, 0.25) is 0 Å². The predicted octanol–water partition coefficient (Wildman–Crippen LogP) is 4.29. The van der Waals surface area contributed by atoms with Crippen molar-refractivity contribution < 1.29 is 13.2 Å². The summed E-state index contributed by atoms with van der Waals surface area (Å²) in [5.74, 6) is 0. The van der Waals surface area contributed by atoms with E-state index in [9.17, 15) is 13.2 Å². The monoisotopic (exact) mass is 298 g/mol. The molecular weight excluding hydrogens is 289 g/mol. The van der Waals surface area contributed by atoms with Crippen LogP contribution in [-0.4, -0.2) is 10.2 Å². The first kappa shape index (κ1) is 14.5. The first-order chi connectivity index (χ1) is 9.47. The highest BCUT2D eigenvalue weighted by molar-refractivity contribution is 6.69. The van der Waals surface area contributed by atoms with Gasteiger partial charge in [-0.25, -0.2) is 0 Å². The minimum atomic E-state index is -4.32. The molecule has 104 valence electrons. The number of alkyl halides is 3. The molecule has 0 unspecified atom stereocenters. The van der Waals surface area contributed by atoms with E-state index in [1.807, 2.05) is 0 Å². The Labute approximate surface area is 118 Å². The average Bonchev–Trinajstić information content (AvgIpc) is 2.45. The molecule has 0 saturated heterocycles. The Morgan fingerprint density at radius 3 is 2.20 bits per heavy atom. The fourth-order valence-corrected chi connectivity index (χ4v) is 1.73. The maximum Gasteiger partial charge on any atom is 0.416 e. The van der Waals surface area contributed by atoms with E-state index in [0.29, 0.717) is 16.3 Å². The van der Waals surface area contributed by atoms with Crippen LogP contribution in [0.4, 0.5) is 13.2 Å². The van der Waals surface area contributed by atoms with Crippen molar-refractivity contribution in [2.75, 3.05) is 0 Å². The summed E-state index contributed by atoms with van der Waals surface area (Å²) in [6.07, 6.45) is -1.15. The molecule has 0 atom stereocenters. The summed E-state index contributed by atoms with van der Waals surface area (Å²) in [6, 6.07) is 8.26. The van der Waals surface area contributed by atoms with E-state index in [0.717, 1.165) is 12.1 Å². The Morgan fingerprint density at radius 1 is 1.05 bits per heavy atom. The van der Waals surface area contributed by atoms with E-state index < -0.39 is 11.7 Å². The SMILES string of the molecule is FC(F)(F)c1ccc(CN=C(Cl)c2ccncc2)cc1. The van der Waals surface area contributed by atoms with E-state index in [2.05, 4.69) is 9.98 Å². The lowest BCUT2D eigenvalue weighted by Crippen LogP contribution is -2.04. The number of hydrogen-bond acceptors (Lipinski definition) is 2. The van der Waals surface area contributed by atoms with Gasteiger partial charge >= 0.3 is 6.18 Å². The number of aromatic nitrogens is 1. The van der Waals surface area contributed by atoms with Crippen LogP contribution >= 0.6 is 11.6 Å². The Bertz CT molecular complexity index is 592. The van der Waals surface area contributed by atoms with Crippen LogP contribution in [0.1, 0.15) is 16.7 Å². The van der Waals surface area contributed by atoms with Gasteiger partial charge in [-0.2, -0.15) is 13.2 Å². The lowest BCUT2D eigenvalue weighted by atomic mass is 10.1. The minimum absolute atomic E-state index is 0.222. The van der Waals surface area contributed by atoms with E-state index in [4.69, 9.17) is 11.6 Å². The predicted molar refractivity (Wildman–Crippen MR) is 71.8 cm³/mol. The number of pyridine rings is 1. The summed E-state index contributed by atoms with van der Waals surface area (Å²) in [5, 5.41) is 0.298. The Kier molecular flexibility index (Phi) is 4.39. The van der Waals surface area contributed by atoms with Gasteiger partial charge in [-0.05, 0) is 29.8 Å². The zero-order valence-electron chi connectivity index (χ0n) is 10.2. The van der Waals surface area contributed by atoms with Crippen molar-refractivity contribution in [1.29, 1.82) is 0 Å². The Hall–Kier alpha value is -1.88. The quantitative estimate of drug-likeness (QED) is 0.776. The smallest absolute Gasteiger partial charge is 0.268 e. The maximum absolute atomic E-state index is 12.4. The fourth-order valence-electron chi connectivity index (χ4n) is 1.54. The molecule has 0 amide bonds. The summed E-state index contributed by atoms with van der Waals surface area (Å²) in [4.78, 5) is 7.99. The summed E-state index contributed by atoms with van der Waals surface area (Å²) in [6.45, 7) is 0.222. The number of halogens is 4. The van der Waals surface area contributed by atoms with Crippen LogP contribution < -0.4 is 0 Å². The molecule has 0 radical (unpaired) electrons. The average molecular weight is 299 g/mol. The largest absolute Gasteiger partial charge is 0.416 e. The molecule has 2 aromatic rings. The third kappa shape index (κ3) is 3.81. The third-order valence-electron chi connectivity index (χ3n) is 2.60. The summed E-state index contributed by atoms with van der Waals surface area (Å²) < 4.78 is 37.2. The van der Waals surface area contributed by atoms with Crippen LogP contribution in [0.25, 0.3) is 0 Å². The van der Waals surface area contributed by atoms with Crippen molar-refractivity contribution in [2.45, 2.75) is 12.7 Å². The lowest BCUT2D eigenvalue weighted by Gasteiger charge is -2.06. The zero-order chi connectivity index (χ0) is 14.6. The maximum atomic E-state index is 12.4. The Balaban J connectivity index is 2.08. The van der Waals surface area contributed by atoms with Crippen molar-refractivity contribution in [3.63, 3.8) is 0 Å². The van der Waals surface area contributed by atoms with Gasteiger partial charge in [-0.1, -0.05) is 23.7 Å². The summed E-state index contributed by atoms with van der Waals surface area (Å²) in [7, 11) is 0. The van der Waals surface area contributed by atoms with Gasteiger partial charge in [0.05, 0.1) is 12.1 Å². The van der Waals surface area contributed by atoms with Crippen molar-refractivity contribution in [2.24, 2.45) is 4.99 Å². The molecule has 0 spiro atoms. The number of aliphatic imine (C=N–C) groups is 1. The lowest BCUT2D eigenvalue weighted by molar-refractivity contribution is -0.137. The fraction of sp³-hybridized carbons (Fsp3) is 0.143. The molecule has 0 aliphatic rings. The van der Waals surface area contributed by atoms with Crippen LogP contribution in [0, 0.1) is 0 Å². The number of nitrogens with zero attached hydrogens (tertiary/aromatic N) is 2. The van der Waals surface area contributed by atoms with Gasteiger partial charge in [-0.3, -0.25) is 9.98 Å².